The lowest BCUT2D eigenvalue weighted by Crippen LogP contribution is -2.19. The largest absolute Gasteiger partial charge is 0.309 e. The van der Waals surface area contributed by atoms with Crippen LogP contribution in [0.2, 0.25) is 0 Å². The standard InChI is InChI=1S/C18H20FN/c1-12-6-9-17(19)16(10-12)18(20-2)15-8-7-13-4-3-5-14(13)11-15/h6-11,18,20H,3-5H2,1-2H3. The van der Waals surface area contributed by atoms with Gasteiger partial charge < -0.3 is 5.32 Å². The summed E-state index contributed by atoms with van der Waals surface area (Å²) in [6.45, 7) is 2.00. The van der Waals surface area contributed by atoms with E-state index in [1.165, 1.54) is 24.0 Å². The number of fused-ring (bicyclic) bond motifs is 1. The molecule has 20 heavy (non-hydrogen) atoms. The van der Waals surface area contributed by atoms with Crippen LogP contribution in [-0.4, -0.2) is 7.05 Å². The zero-order valence-corrected chi connectivity index (χ0v) is 12.0. The molecular weight excluding hydrogens is 249 g/mol. The van der Waals surface area contributed by atoms with Gasteiger partial charge in [-0.25, -0.2) is 4.39 Å². The maximum atomic E-state index is 14.1. The Bertz CT molecular complexity index is 633. The van der Waals surface area contributed by atoms with Gasteiger partial charge in [0.15, 0.2) is 0 Å². The van der Waals surface area contributed by atoms with Crippen molar-refractivity contribution in [1.82, 2.24) is 5.32 Å². The molecule has 1 N–H and O–H groups in total. The van der Waals surface area contributed by atoms with Crippen LogP contribution in [-0.2, 0) is 12.8 Å². The second-order valence-electron chi connectivity index (χ2n) is 5.63. The smallest absolute Gasteiger partial charge is 0.128 e. The van der Waals surface area contributed by atoms with Crippen molar-refractivity contribution >= 4 is 0 Å². The van der Waals surface area contributed by atoms with Gasteiger partial charge in [-0.1, -0.05) is 35.9 Å². The van der Waals surface area contributed by atoms with Crippen molar-refractivity contribution in [2.75, 3.05) is 7.05 Å². The molecule has 2 aromatic carbocycles. The molecule has 1 aliphatic rings. The number of benzene rings is 2. The van der Waals surface area contributed by atoms with E-state index in [9.17, 15) is 4.39 Å². The average molecular weight is 269 g/mol. The van der Waals surface area contributed by atoms with Gasteiger partial charge in [0.2, 0.25) is 0 Å². The molecule has 104 valence electrons. The van der Waals surface area contributed by atoms with Gasteiger partial charge in [0.1, 0.15) is 5.82 Å². The first-order valence-electron chi connectivity index (χ1n) is 7.24. The number of halogens is 1. The summed E-state index contributed by atoms with van der Waals surface area (Å²) < 4.78 is 14.1. The molecule has 0 radical (unpaired) electrons. The Morgan fingerprint density at radius 3 is 2.65 bits per heavy atom. The van der Waals surface area contributed by atoms with Gasteiger partial charge in [-0.3, -0.25) is 0 Å². The lowest BCUT2D eigenvalue weighted by molar-refractivity contribution is 0.575. The van der Waals surface area contributed by atoms with E-state index in [2.05, 4.69) is 23.5 Å². The van der Waals surface area contributed by atoms with Crippen LogP contribution in [0, 0.1) is 12.7 Å². The Labute approximate surface area is 119 Å². The van der Waals surface area contributed by atoms with Crippen LogP contribution in [0.4, 0.5) is 4.39 Å². The third kappa shape index (κ3) is 2.36. The fourth-order valence-corrected chi connectivity index (χ4v) is 3.16. The average Bonchev–Trinajstić information content (AvgIpc) is 2.91. The maximum Gasteiger partial charge on any atom is 0.128 e. The van der Waals surface area contributed by atoms with Crippen LogP contribution in [0.1, 0.15) is 40.3 Å². The summed E-state index contributed by atoms with van der Waals surface area (Å²) in [7, 11) is 1.89. The molecule has 3 rings (SSSR count). The van der Waals surface area contributed by atoms with E-state index in [1.807, 2.05) is 26.1 Å². The van der Waals surface area contributed by atoms with Crippen molar-refractivity contribution < 1.29 is 4.39 Å². The second-order valence-corrected chi connectivity index (χ2v) is 5.63. The monoisotopic (exact) mass is 269 g/mol. The minimum Gasteiger partial charge on any atom is -0.309 e. The van der Waals surface area contributed by atoms with Gasteiger partial charge in [0, 0.05) is 5.56 Å². The van der Waals surface area contributed by atoms with Gasteiger partial charge in [-0.15, -0.1) is 0 Å². The van der Waals surface area contributed by atoms with Crippen molar-refractivity contribution in [3.05, 3.63) is 70.0 Å². The fourth-order valence-electron chi connectivity index (χ4n) is 3.16. The summed E-state index contributed by atoms with van der Waals surface area (Å²) in [6.07, 6.45) is 3.57. The number of nitrogens with one attached hydrogen (secondary N) is 1. The molecular formula is C18H20FN. The Morgan fingerprint density at radius 1 is 1.05 bits per heavy atom. The van der Waals surface area contributed by atoms with E-state index in [-0.39, 0.29) is 11.9 Å². The lowest BCUT2D eigenvalue weighted by atomic mass is 9.94. The first-order valence-corrected chi connectivity index (χ1v) is 7.24. The molecule has 0 aliphatic heterocycles. The van der Waals surface area contributed by atoms with Crippen molar-refractivity contribution in [3.8, 4) is 0 Å². The van der Waals surface area contributed by atoms with Crippen molar-refractivity contribution in [2.24, 2.45) is 0 Å². The summed E-state index contributed by atoms with van der Waals surface area (Å²) in [5.41, 5.74) is 5.84. The van der Waals surface area contributed by atoms with Crippen molar-refractivity contribution in [3.63, 3.8) is 0 Å². The van der Waals surface area contributed by atoms with Gasteiger partial charge >= 0.3 is 0 Å². The predicted octanol–water partition coefficient (Wildman–Crippen LogP) is 3.93. The number of aryl methyl sites for hydroxylation is 3. The molecule has 0 saturated carbocycles. The van der Waals surface area contributed by atoms with Gasteiger partial charge in [-0.2, -0.15) is 0 Å². The van der Waals surface area contributed by atoms with Gasteiger partial charge in [0.25, 0.3) is 0 Å². The molecule has 0 fully saturated rings. The summed E-state index contributed by atoms with van der Waals surface area (Å²) in [6, 6.07) is 11.8. The van der Waals surface area contributed by atoms with E-state index in [4.69, 9.17) is 0 Å². The minimum atomic E-state index is -0.143. The van der Waals surface area contributed by atoms with Gasteiger partial charge in [-0.05, 0) is 56.0 Å². The molecule has 0 aromatic heterocycles. The first kappa shape index (κ1) is 13.3. The van der Waals surface area contributed by atoms with E-state index in [1.54, 1.807) is 6.07 Å². The Kier molecular flexibility index (Phi) is 3.58. The van der Waals surface area contributed by atoms with E-state index in [0.29, 0.717) is 0 Å². The molecule has 0 spiro atoms. The molecule has 1 unspecified atom stereocenters. The highest BCUT2D eigenvalue weighted by Crippen LogP contribution is 2.29. The quantitative estimate of drug-likeness (QED) is 0.890. The van der Waals surface area contributed by atoms with Crippen LogP contribution in [0.5, 0.6) is 0 Å². The van der Waals surface area contributed by atoms with Gasteiger partial charge in [0.05, 0.1) is 6.04 Å². The summed E-state index contributed by atoms with van der Waals surface area (Å²) >= 11 is 0. The second kappa shape index (κ2) is 5.37. The Hall–Kier alpha value is -1.67. The van der Waals surface area contributed by atoms with Crippen LogP contribution in [0.3, 0.4) is 0 Å². The Morgan fingerprint density at radius 2 is 1.85 bits per heavy atom. The zero-order valence-electron chi connectivity index (χ0n) is 12.0. The maximum absolute atomic E-state index is 14.1. The number of hydrogen-bond donors (Lipinski definition) is 1. The highest BCUT2D eigenvalue weighted by molar-refractivity contribution is 5.41. The molecule has 0 saturated heterocycles. The highest BCUT2D eigenvalue weighted by atomic mass is 19.1. The summed E-state index contributed by atoms with van der Waals surface area (Å²) in [5.74, 6) is -0.143. The zero-order chi connectivity index (χ0) is 14.1. The van der Waals surface area contributed by atoms with Crippen LogP contribution in [0.25, 0.3) is 0 Å². The first-order chi connectivity index (χ1) is 9.69. The molecule has 0 heterocycles. The molecule has 0 bridgehead atoms. The van der Waals surface area contributed by atoms with E-state index >= 15 is 0 Å². The molecule has 1 atom stereocenters. The molecule has 1 nitrogen and oxygen atoms in total. The SMILES string of the molecule is CNC(c1ccc2c(c1)CCC2)c1cc(C)ccc1F. The highest BCUT2D eigenvalue weighted by Gasteiger charge is 2.19. The van der Waals surface area contributed by atoms with Crippen LogP contribution >= 0.6 is 0 Å². The predicted molar refractivity (Wildman–Crippen MR) is 80.5 cm³/mol. The fraction of sp³-hybridized carbons (Fsp3) is 0.333. The molecule has 0 amide bonds. The topological polar surface area (TPSA) is 12.0 Å². The number of rotatable bonds is 3. The summed E-state index contributed by atoms with van der Waals surface area (Å²) in [5, 5.41) is 3.25. The molecule has 1 aliphatic carbocycles. The lowest BCUT2D eigenvalue weighted by Gasteiger charge is -2.19. The number of hydrogen-bond acceptors (Lipinski definition) is 1. The molecule has 2 aromatic rings. The molecule has 2 heteroatoms. The Balaban J connectivity index is 2.03. The minimum absolute atomic E-state index is 0.0826. The van der Waals surface area contributed by atoms with Crippen LogP contribution < -0.4 is 5.32 Å². The normalized spacial score (nSPS) is 15.2. The third-order valence-electron chi connectivity index (χ3n) is 4.21. The van der Waals surface area contributed by atoms with E-state index < -0.39 is 0 Å². The van der Waals surface area contributed by atoms with Crippen LogP contribution in [0.15, 0.2) is 36.4 Å². The van der Waals surface area contributed by atoms with E-state index in [0.717, 1.165) is 23.1 Å². The van der Waals surface area contributed by atoms with Crippen molar-refractivity contribution in [2.45, 2.75) is 32.2 Å². The third-order valence-corrected chi connectivity index (χ3v) is 4.21. The van der Waals surface area contributed by atoms with Crippen molar-refractivity contribution in [1.29, 1.82) is 0 Å². The summed E-state index contributed by atoms with van der Waals surface area (Å²) in [4.78, 5) is 0.